The smallest absolute Gasteiger partial charge is 0.270 e. The summed E-state index contributed by atoms with van der Waals surface area (Å²) in [6, 6.07) is 1.38. The van der Waals surface area contributed by atoms with Crippen LogP contribution in [0.4, 0.5) is 0 Å². The SMILES string of the molecule is Cc1nn(C)c(Cl)c1Cn1ncc(OCCN)cc1=O. The number of rotatable bonds is 5. The number of nitrogens with two attached hydrogens (primary N) is 1. The Morgan fingerprint density at radius 2 is 2.25 bits per heavy atom. The predicted molar refractivity (Wildman–Crippen MR) is 75.1 cm³/mol. The summed E-state index contributed by atoms with van der Waals surface area (Å²) in [6.45, 7) is 2.84. The lowest BCUT2D eigenvalue weighted by Crippen LogP contribution is -2.23. The number of aryl methyl sites for hydroxylation is 2. The van der Waals surface area contributed by atoms with Gasteiger partial charge in [0, 0.05) is 25.2 Å². The van der Waals surface area contributed by atoms with E-state index in [1.807, 2.05) is 6.92 Å². The van der Waals surface area contributed by atoms with Gasteiger partial charge in [-0.2, -0.15) is 10.2 Å². The highest BCUT2D eigenvalue weighted by Crippen LogP contribution is 2.19. The van der Waals surface area contributed by atoms with Gasteiger partial charge in [-0.15, -0.1) is 0 Å². The molecule has 0 aliphatic carbocycles. The normalized spacial score (nSPS) is 10.8. The molecule has 0 bridgehead atoms. The molecule has 0 amide bonds. The second-order valence-corrected chi connectivity index (χ2v) is 4.66. The van der Waals surface area contributed by atoms with Crippen LogP contribution in [0.3, 0.4) is 0 Å². The molecule has 2 aromatic rings. The van der Waals surface area contributed by atoms with Crippen LogP contribution in [0.5, 0.6) is 5.75 Å². The number of ether oxygens (including phenoxy) is 1. The van der Waals surface area contributed by atoms with Gasteiger partial charge in [-0.25, -0.2) is 4.68 Å². The van der Waals surface area contributed by atoms with Crippen LogP contribution in [-0.2, 0) is 13.6 Å². The van der Waals surface area contributed by atoms with Crippen molar-refractivity contribution >= 4 is 11.6 Å². The van der Waals surface area contributed by atoms with Gasteiger partial charge in [-0.05, 0) is 6.92 Å². The Kier molecular flexibility index (Phi) is 4.41. The van der Waals surface area contributed by atoms with Crippen molar-refractivity contribution in [1.82, 2.24) is 19.6 Å². The van der Waals surface area contributed by atoms with E-state index in [0.717, 1.165) is 11.3 Å². The highest BCUT2D eigenvalue weighted by atomic mass is 35.5. The molecule has 8 heteroatoms. The van der Waals surface area contributed by atoms with Gasteiger partial charge < -0.3 is 10.5 Å². The van der Waals surface area contributed by atoms with E-state index >= 15 is 0 Å². The van der Waals surface area contributed by atoms with Crippen molar-refractivity contribution in [2.45, 2.75) is 13.5 Å². The van der Waals surface area contributed by atoms with E-state index < -0.39 is 0 Å². The van der Waals surface area contributed by atoms with E-state index in [4.69, 9.17) is 22.1 Å². The fourth-order valence-electron chi connectivity index (χ4n) is 1.79. The van der Waals surface area contributed by atoms with Crippen LogP contribution < -0.4 is 16.0 Å². The van der Waals surface area contributed by atoms with Crippen LogP contribution >= 0.6 is 11.6 Å². The third-order valence-electron chi connectivity index (χ3n) is 2.81. The lowest BCUT2D eigenvalue weighted by atomic mass is 10.2. The summed E-state index contributed by atoms with van der Waals surface area (Å²) in [5.41, 5.74) is 6.61. The molecule has 2 rings (SSSR count). The van der Waals surface area contributed by atoms with Gasteiger partial charge in [-0.3, -0.25) is 9.48 Å². The van der Waals surface area contributed by atoms with Gasteiger partial charge >= 0.3 is 0 Å². The second-order valence-electron chi connectivity index (χ2n) is 4.30. The number of hydrogen-bond acceptors (Lipinski definition) is 5. The summed E-state index contributed by atoms with van der Waals surface area (Å²) in [6.07, 6.45) is 1.48. The molecule has 2 heterocycles. The molecule has 0 atom stereocenters. The van der Waals surface area contributed by atoms with Gasteiger partial charge in [0.15, 0.2) is 0 Å². The Morgan fingerprint density at radius 1 is 1.50 bits per heavy atom. The predicted octanol–water partition coefficient (Wildman–Crippen LogP) is 0.324. The maximum absolute atomic E-state index is 12.0. The van der Waals surface area contributed by atoms with Crippen molar-refractivity contribution in [1.29, 1.82) is 0 Å². The summed E-state index contributed by atoms with van der Waals surface area (Å²) in [4.78, 5) is 12.0. The molecule has 0 radical (unpaired) electrons. The molecule has 0 aliphatic rings. The Hall–Kier alpha value is -1.86. The van der Waals surface area contributed by atoms with Crippen molar-refractivity contribution in [3.05, 3.63) is 39.0 Å². The quantitative estimate of drug-likeness (QED) is 0.859. The van der Waals surface area contributed by atoms with Crippen molar-refractivity contribution < 1.29 is 4.74 Å². The van der Waals surface area contributed by atoms with Gasteiger partial charge in [0.25, 0.3) is 5.56 Å². The molecule has 20 heavy (non-hydrogen) atoms. The van der Waals surface area contributed by atoms with Crippen LogP contribution in [-0.4, -0.2) is 32.7 Å². The molecule has 0 saturated carbocycles. The molecular formula is C12H16ClN5O2. The monoisotopic (exact) mass is 297 g/mol. The largest absolute Gasteiger partial charge is 0.490 e. The Bertz CT molecular complexity index is 664. The van der Waals surface area contributed by atoms with Crippen LogP contribution in [0.2, 0.25) is 5.15 Å². The zero-order chi connectivity index (χ0) is 14.7. The molecule has 0 unspecified atom stereocenters. The molecule has 2 aromatic heterocycles. The van der Waals surface area contributed by atoms with Crippen LogP contribution in [0.25, 0.3) is 0 Å². The van der Waals surface area contributed by atoms with Crippen molar-refractivity contribution in [3.63, 3.8) is 0 Å². The minimum Gasteiger partial charge on any atom is -0.490 e. The maximum atomic E-state index is 12.0. The topological polar surface area (TPSA) is 88.0 Å². The molecule has 7 nitrogen and oxygen atoms in total. The fourth-order valence-corrected chi connectivity index (χ4v) is 2.03. The minimum absolute atomic E-state index is 0.265. The average molecular weight is 298 g/mol. The lowest BCUT2D eigenvalue weighted by Gasteiger charge is -2.07. The van der Waals surface area contributed by atoms with Crippen molar-refractivity contribution in [2.24, 2.45) is 12.8 Å². The average Bonchev–Trinajstić information content (AvgIpc) is 2.65. The molecular weight excluding hydrogens is 282 g/mol. The third kappa shape index (κ3) is 3.00. The first-order valence-electron chi connectivity index (χ1n) is 6.11. The number of hydrogen-bond donors (Lipinski definition) is 1. The summed E-state index contributed by atoms with van der Waals surface area (Å²) in [7, 11) is 1.75. The highest BCUT2D eigenvalue weighted by molar-refractivity contribution is 6.30. The summed E-state index contributed by atoms with van der Waals surface area (Å²) in [5, 5.41) is 8.76. The molecule has 2 N–H and O–H groups in total. The van der Waals surface area contributed by atoms with Gasteiger partial charge in [0.1, 0.15) is 17.5 Å². The summed E-state index contributed by atoms with van der Waals surface area (Å²) in [5.74, 6) is 0.408. The lowest BCUT2D eigenvalue weighted by molar-refractivity contribution is 0.324. The number of nitrogens with zero attached hydrogens (tertiary/aromatic N) is 4. The Morgan fingerprint density at radius 3 is 2.80 bits per heavy atom. The summed E-state index contributed by atoms with van der Waals surface area (Å²) < 4.78 is 8.13. The minimum atomic E-state index is -0.265. The Balaban J connectivity index is 2.24. The van der Waals surface area contributed by atoms with E-state index in [1.165, 1.54) is 16.9 Å². The zero-order valence-corrected chi connectivity index (χ0v) is 12.1. The molecule has 0 spiro atoms. The second kappa shape index (κ2) is 6.06. The molecule has 0 saturated heterocycles. The van der Waals surface area contributed by atoms with Crippen LogP contribution in [0.1, 0.15) is 11.3 Å². The van der Waals surface area contributed by atoms with E-state index in [1.54, 1.807) is 11.7 Å². The van der Waals surface area contributed by atoms with Crippen LogP contribution in [0, 0.1) is 6.92 Å². The van der Waals surface area contributed by atoms with E-state index in [0.29, 0.717) is 24.1 Å². The molecule has 108 valence electrons. The molecule has 0 aliphatic heterocycles. The molecule has 0 fully saturated rings. The Labute approximate surface area is 120 Å². The molecule has 0 aromatic carbocycles. The first-order valence-corrected chi connectivity index (χ1v) is 6.48. The first-order chi connectivity index (χ1) is 9.52. The number of halogens is 1. The van der Waals surface area contributed by atoms with E-state index in [2.05, 4.69) is 10.2 Å². The summed E-state index contributed by atoms with van der Waals surface area (Å²) >= 11 is 6.13. The third-order valence-corrected chi connectivity index (χ3v) is 3.28. The van der Waals surface area contributed by atoms with E-state index in [9.17, 15) is 4.79 Å². The van der Waals surface area contributed by atoms with Gasteiger partial charge in [0.05, 0.1) is 18.4 Å². The number of aromatic nitrogens is 4. The van der Waals surface area contributed by atoms with E-state index in [-0.39, 0.29) is 12.1 Å². The standard InChI is InChI=1S/C12H16ClN5O2/c1-8-10(12(13)17(2)16-8)7-18-11(19)5-9(6-15-18)20-4-3-14/h5-6H,3-4,7,14H2,1-2H3. The van der Waals surface area contributed by atoms with Gasteiger partial charge in [0.2, 0.25) is 0 Å². The highest BCUT2D eigenvalue weighted by Gasteiger charge is 2.13. The maximum Gasteiger partial charge on any atom is 0.270 e. The van der Waals surface area contributed by atoms with Crippen molar-refractivity contribution in [3.8, 4) is 5.75 Å². The van der Waals surface area contributed by atoms with Crippen LogP contribution in [0.15, 0.2) is 17.1 Å². The fraction of sp³-hybridized carbons (Fsp3) is 0.417. The van der Waals surface area contributed by atoms with Gasteiger partial charge in [-0.1, -0.05) is 11.6 Å². The first kappa shape index (κ1) is 14.5. The zero-order valence-electron chi connectivity index (χ0n) is 11.3. The van der Waals surface area contributed by atoms with Crippen molar-refractivity contribution in [2.75, 3.05) is 13.2 Å².